The van der Waals surface area contributed by atoms with Crippen LogP contribution >= 0.6 is 0 Å². The van der Waals surface area contributed by atoms with Gasteiger partial charge in [-0.05, 0) is 89.8 Å². The molecule has 7 amide bonds. The van der Waals surface area contributed by atoms with E-state index in [0.29, 0.717) is 36.4 Å². The molecule has 87 heavy (non-hydrogen) atoms. The van der Waals surface area contributed by atoms with Gasteiger partial charge in [0.15, 0.2) is 29.2 Å². The molecule has 1 aliphatic carbocycles. The van der Waals surface area contributed by atoms with Gasteiger partial charge in [-0.25, -0.2) is 14.5 Å². The Hall–Kier alpha value is -9.83. The van der Waals surface area contributed by atoms with E-state index in [1.807, 2.05) is 60.8 Å². The first-order chi connectivity index (χ1) is 42.1. The fourth-order valence-corrected chi connectivity index (χ4v) is 11.4. The van der Waals surface area contributed by atoms with Gasteiger partial charge in [-0.15, -0.1) is 6.58 Å². The van der Waals surface area contributed by atoms with Gasteiger partial charge in [-0.3, -0.25) is 28.9 Å². The Balaban J connectivity index is 0.800. The summed E-state index contributed by atoms with van der Waals surface area (Å²) in [5.41, 5.74) is 4.06. The maximum Gasteiger partial charge on any atom is 0.416 e. The molecule has 1 saturated heterocycles. The smallest absolute Gasteiger partial charge is 0.416 e. The second kappa shape index (κ2) is 26.6. The number of rotatable bonds is 23. The van der Waals surface area contributed by atoms with Crippen molar-refractivity contribution in [2.75, 3.05) is 75.9 Å². The van der Waals surface area contributed by atoms with Crippen molar-refractivity contribution in [2.24, 2.45) is 5.41 Å². The fraction of sp³-hybridized carbons (Fsp3) is 0.338. The number of anilines is 3. The zero-order valence-corrected chi connectivity index (χ0v) is 48.6. The summed E-state index contributed by atoms with van der Waals surface area (Å²) >= 11 is 0. The first-order valence-corrected chi connectivity index (χ1v) is 28.6. The van der Waals surface area contributed by atoms with E-state index in [1.54, 1.807) is 53.3 Å². The molecule has 5 aliphatic rings. The number of carbonyl (C=O) groups is 7. The number of ether oxygens (including phenoxy) is 7. The molecule has 1 spiro atoms. The quantitative estimate of drug-likeness (QED) is 0.0360. The largest absolute Gasteiger partial charge is 0.497 e. The summed E-state index contributed by atoms with van der Waals surface area (Å²) in [5.74, 6) is -0.616. The van der Waals surface area contributed by atoms with E-state index in [1.165, 1.54) is 43.4 Å². The molecule has 0 aromatic heterocycles. The zero-order valence-electron chi connectivity index (χ0n) is 48.6. The Bertz CT molecular complexity index is 3480. The molecule has 4 heterocycles. The van der Waals surface area contributed by atoms with Gasteiger partial charge in [-0.2, -0.15) is 0 Å². The first-order valence-electron chi connectivity index (χ1n) is 28.6. The highest BCUT2D eigenvalue weighted by atomic mass is 16.6. The summed E-state index contributed by atoms with van der Waals surface area (Å²) < 4.78 is 40.8. The van der Waals surface area contributed by atoms with E-state index >= 15 is 0 Å². The number of aliphatic hydroxyl groups excluding tert-OH is 1. The lowest BCUT2D eigenvalue weighted by molar-refractivity contribution is -0.129. The SMILES string of the molecule is C=CCOC(=O)N1C[C@@H]2CC(c3ccc(OC)cc3)=CN2C(=O)c2cc(OC)c(OCCCOc3cc4c(cc3OC)C(=O)N3CC5(CC5)C[C@H]3C(O)N4C(=O)OCc3ccc(NC(=O)CNC(=O)[C@H](Cc4ccccc4)NC(=O)CC=C)cc3)cc21. The predicted octanol–water partition coefficient (Wildman–Crippen LogP) is 7.79. The number of carbonyl (C=O) groups excluding carboxylic acids is 7. The minimum Gasteiger partial charge on any atom is -0.497 e. The highest BCUT2D eigenvalue weighted by Crippen LogP contribution is 2.57. The van der Waals surface area contributed by atoms with Crippen molar-refractivity contribution in [3.8, 4) is 28.7 Å². The van der Waals surface area contributed by atoms with Crippen molar-refractivity contribution in [2.45, 2.75) is 75.9 Å². The maximum absolute atomic E-state index is 14.5. The molecule has 22 nitrogen and oxygen atoms in total. The van der Waals surface area contributed by atoms with Crippen LogP contribution in [0.15, 0.2) is 135 Å². The van der Waals surface area contributed by atoms with Crippen molar-refractivity contribution >= 4 is 64.4 Å². The lowest BCUT2D eigenvalue weighted by atomic mass is 10.0. The topological polar surface area (TPSA) is 253 Å². The van der Waals surface area contributed by atoms with Crippen LogP contribution in [0.5, 0.6) is 28.7 Å². The van der Waals surface area contributed by atoms with Crippen LogP contribution in [0, 0.1) is 5.41 Å². The summed E-state index contributed by atoms with van der Waals surface area (Å²) in [6.07, 6.45) is 4.85. The molecule has 0 bridgehead atoms. The molecule has 4 atom stereocenters. The zero-order chi connectivity index (χ0) is 61.4. The van der Waals surface area contributed by atoms with Crippen LogP contribution < -0.4 is 49.4 Å². The van der Waals surface area contributed by atoms with Gasteiger partial charge in [0.05, 0.1) is 82.2 Å². The van der Waals surface area contributed by atoms with Crippen LogP contribution in [-0.2, 0) is 36.9 Å². The Morgan fingerprint density at radius 2 is 1.43 bits per heavy atom. The normalized spacial score (nSPS) is 18.0. The molecule has 2 fully saturated rings. The second-order valence-electron chi connectivity index (χ2n) is 21.8. The van der Waals surface area contributed by atoms with Gasteiger partial charge in [0.1, 0.15) is 25.0 Å². The first kappa shape index (κ1) is 60.3. The standard InChI is InChI=1S/C65H69N7O15/c1-6-12-57(73)68-49(28-40-13-9-8-10-14-40)59(75)66-35-58(74)67-44-19-15-41(16-20-44)38-87-64(80)72-51-33-56(54(83-5)31-48(51)61(77)71-39-65(23-24-65)34-52(71)62(72)78)85-27-11-26-84-55-32-50-47(30-53(55)82-4)60(76)69-36-43(42-17-21-46(81-3)22-18-42)29-45(69)37-70(50)63(79)86-25-7-2/h6-10,13-22,30-33,36,45,49,52,62,78H,1-2,11-12,23-29,34-35,37-39H2,3-5H3,(H,66,75)(H,67,74)(H,68,73)/t45-,49-,52-,62?/m0/s1. The van der Waals surface area contributed by atoms with E-state index in [-0.39, 0.29) is 127 Å². The number of methoxy groups -OCH3 is 3. The van der Waals surface area contributed by atoms with Crippen molar-refractivity contribution in [3.63, 3.8) is 0 Å². The summed E-state index contributed by atoms with van der Waals surface area (Å²) in [4.78, 5) is 101. The number of nitrogens with zero attached hydrogens (tertiary/aromatic N) is 4. The molecule has 10 rings (SSSR count). The number of hydrogen-bond donors (Lipinski definition) is 4. The Morgan fingerprint density at radius 1 is 0.747 bits per heavy atom. The monoisotopic (exact) mass is 1190 g/mol. The van der Waals surface area contributed by atoms with Gasteiger partial charge in [0.2, 0.25) is 17.7 Å². The minimum absolute atomic E-state index is 0.0214. The van der Waals surface area contributed by atoms with Gasteiger partial charge in [0, 0.05) is 49.8 Å². The molecular formula is C65H69N7O15. The summed E-state index contributed by atoms with van der Waals surface area (Å²) in [5, 5.41) is 20.2. The van der Waals surface area contributed by atoms with Crippen LogP contribution in [0.3, 0.4) is 0 Å². The van der Waals surface area contributed by atoms with Gasteiger partial charge in [0.25, 0.3) is 11.8 Å². The number of fused-ring (bicyclic) bond motifs is 4. The molecule has 0 radical (unpaired) electrons. The number of nitrogens with one attached hydrogen (secondary N) is 3. The average molecular weight is 1190 g/mol. The van der Waals surface area contributed by atoms with Crippen LogP contribution in [0.4, 0.5) is 26.7 Å². The molecular weight excluding hydrogens is 1120 g/mol. The molecule has 4 aliphatic heterocycles. The van der Waals surface area contributed by atoms with E-state index in [0.717, 1.165) is 34.4 Å². The molecule has 22 heteroatoms. The number of amides is 7. The lowest BCUT2D eigenvalue weighted by Crippen LogP contribution is -2.50. The third-order valence-corrected chi connectivity index (χ3v) is 16.0. The van der Waals surface area contributed by atoms with Crippen molar-refractivity contribution in [3.05, 3.63) is 162 Å². The summed E-state index contributed by atoms with van der Waals surface area (Å²) in [6, 6.07) is 27.2. The van der Waals surface area contributed by atoms with Gasteiger partial charge < -0.3 is 64.0 Å². The molecule has 1 saturated carbocycles. The highest BCUT2D eigenvalue weighted by Gasteiger charge is 2.58. The molecule has 5 aromatic rings. The number of hydrogen-bond acceptors (Lipinski definition) is 15. The van der Waals surface area contributed by atoms with Crippen LogP contribution in [-0.4, -0.2) is 142 Å². The van der Waals surface area contributed by atoms with Crippen LogP contribution in [0.1, 0.15) is 75.9 Å². The van der Waals surface area contributed by atoms with Crippen molar-refractivity contribution in [1.29, 1.82) is 0 Å². The molecule has 4 N–H and O–H groups in total. The Labute approximate surface area is 503 Å². The van der Waals surface area contributed by atoms with Crippen LogP contribution in [0.25, 0.3) is 5.57 Å². The lowest BCUT2D eigenvalue weighted by Gasteiger charge is -2.31. The van der Waals surface area contributed by atoms with Crippen molar-refractivity contribution < 1.29 is 71.8 Å². The molecule has 1 unspecified atom stereocenters. The van der Waals surface area contributed by atoms with Crippen molar-refractivity contribution in [1.82, 2.24) is 20.4 Å². The predicted molar refractivity (Wildman–Crippen MR) is 321 cm³/mol. The average Bonchev–Trinajstić information content (AvgIpc) is 1.75. The van der Waals surface area contributed by atoms with Gasteiger partial charge in [-0.1, -0.05) is 73.3 Å². The van der Waals surface area contributed by atoms with Crippen LogP contribution in [0.2, 0.25) is 0 Å². The number of aliphatic hydroxyl groups is 1. The summed E-state index contributed by atoms with van der Waals surface area (Å²) in [6.45, 7) is 7.21. The number of benzene rings is 5. The maximum atomic E-state index is 14.5. The Kier molecular flexibility index (Phi) is 18.4. The Morgan fingerprint density at radius 3 is 2.07 bits per heavy atom. The minimum atomic E-state index is -1.50. The van der Waals surface area contributed by atoms with E-state index in [9.17, 15) is 38.7 Å². The van der Waals surface area contributed by atoms with E-state index in [4.69, 9.17) is 33.2 Å². The fourth-order valence-electron chi connectivity index (χ4n) is 11.4. The van der Waals surface area contributed by atoms with Gasteiger partial charge >= 0.3 is 12.2 Å². The van der Waals surface area contributed by atoms with E-state index in [2.05, 4.69) is 29.1 Å². The molecule has 454 valence electrons. The third-order valence-electron chi connectivity index (χ3n) is 16.0. The van der Waals surface area contributed by atoms with E-state index < -0.39 is 48.4 Å². The molecule has 5 aromatic carbocycles. The highest BCUT2D eigenvalue weighted by molar-refractivity contribution is 6.08. The summed E-state index contributed by atoms with van der Waals surface area (Å²) in [7, 11) is 4.47. The third kappa shape index (κ3) is 13.5. The second-order valence-corrected chi connectivity index (χ2v) is 21.8.